The highest BCUT2D eigenvalue weighted by atomic mass is 19.4. The van der Waals surface area contributed by atoms with Gasteiger partial charge in [-0.25, -0.2) is 0 Å². The minimum atomic E-state index is -4.38. The predicted octanol–water partition coefficient (Wildman–Crippen LogP) is 3.14. The highest BCUT2D eigenvalue weighted by Crippen LogP contribution is 2.34. The molecule has 0 aliphatic carbocycles. The normalized spacial score (nSPS) is 13.8. The predicted molar refractivity (Wildman–Crippen MR) is 64.1 cm³/mol. The molecule has 0 bridgehead atoms. The summed E-state index contributed by atoms with van der Waals surface area (Å²) in [5.74, 6) is 0. The van der Waals surface area contributed by atoms with Crippen molar-refractivity contribution in [1.82, 2.24) is 4.98 Å². The van der Waals surface area contributed by atoms with Crippen molar-refractivity contribution in [2.75, 3.05) is 0 Å². The van der Waals surface area contributed by atoms with Gasteiger partial charge in [-0.15, -0.1) is 0 Å². The number of pyridine rings is 1. The number of nitrogens with zero attached hydrogens (tertiary/aromatic N) is 1. The maximum Gasteiger partial charge on any atom is 0.418 e. The molecule has 0 spiro atoms. The molecule has 2 nitrogen and oxygen atoms in total. The number of rotatable bonds is 2. The number of hydrogen-bond acceptors (Lipinski definition) is 2. The Labute approximate surface area is 103 Å². The lowest BCUT2D eigenvalue weighted by molar-refractivity contribution is -0.136. The molecule has 2 rings (SSSR count). The fraction of sp³-hybridized carbons (Fsp3) is 0.308. The Bertz CT molecular complexity index is 562. The molecule has 18 heavy (non-hydrogen) atoms. The second kappa shape index (κ2) is 4.57. The Morgan fingerprint density at radius 3 is 2.61 bits per heavy atom. The SMILES string of the molecule is CC(N)Cc1ccc2c(C(F)(F)F)cncc2c1. The number of nitrogens with two attached hydrogens (primary N) is 1. The molecule has 0 fully saturated rings. The van der Waals surface area contributed by atoms with Crippen LogP contribution in [0.5, 0.6) is 0 Å². The third-order valence-electron chi connectivity index (χ3n) is 2.69. The van der Waals surface area contributed by atoms with E-state index in [4.69, 9.17) is 5.73 Å². The van der Waals surface area contributed by atoms with E-state index in [0.717, 1.165) is 11.8 Å². The van der Waals surface area contributed by atoms with Crippen LogP contribution in [0.25, 0.3) is 10.8 Å². The summed E-state index contributed by atoms with van der Waals surface area (Å²) in [4.78, 5) is 3.65. The quantitative estimate of drug-likeness (QED) is 0.894. The molecule has 1 heterocycles. The molecule has 0 radical (unpaired) electrons. The molecule has 1 aromatic carbocycles. The van der Waals surface area contributed by atoms with Crippen LogP contribution in [-0.2, 0) is 12.6 Å². The van der Waals surface area contributed by atoms with Crippen LogP contribution < -0.4 is 5.73 Å². The van der Waals surface area contributed by atoms with Crippen LogP contribution in [0.3, 0.4) is 0 Å². The summed E-state index contributed by atoms with van der Waals surface area (Å²) in [6.45, 7) is 1.86. The largest absolute Gasteiger partial charge is 0.418 e. The van der Waals surface area contributed by atoms with Gasteiger partial charge in [-0.05, 0) is 30.4 Å². The average molecular weight is 254 g/mol. The molecular formula is C13H13F3N2. The minimum absolute atomic E-state index is 0.0267. The first-order valence-corrected chi connectivity index (χ1v) is 5.57. The van der Waals surface area contributed by atoms with E-state index in [0.29, 0.717) is 11.8 Å². The van der Waals surface area contributed by atoms with Gasteiger partial charge in [0.2, 0.25) is 0 Å². The van der Waals surface area contributed by atoms with E-state index < -0.39 is 11.7 Å². The third-order valence-corrected chi connectivity index (χ3v) is 2.69. The molecule has 0 saturated heterocycles. The van der Waals surface area contributed by atoms with Crippen molar-refractivity contribution in [1.29, 1.82) is 0 Å². The molecule has 0 aliphatic heterocycles. The van der Waals surface area contributed by atoms with Gasteiger partial charge in [-0.2, -0.15) is 13.2 Å². The van der Waals surface area contributed by atoms with Crippen LogP contribution in [0.4, 0.5) is 13.2 Å². The number of alkyl halides is 3. The highest BCUT2D eigenvalue weighted by Gasteiger charge is 2.32. The van der Waals surface area contributed by atoms with Crippen molar-refractivity contribution >= 4 is 10.8 Å². The van der Waals surface area contributed by atoms with Crippen LogP contribution in [0, 0.1) is 0 Å². The lowest BCUT2D eigenvalue weighted by Gasteiger charge is -2.11. The molecule has 2 aromatic rings. The minimum Gasteiger partial charge on any atom is -0.328 e. The van der Waals surface area contributed by atoms with Crippen LogP contribution in [0.1, 0.15) is 18.1 Å². The zero-order valence-corrected chi connectivity index (χ0v) is 9.83. The maximum atomic E-state index is 12.8. The van der Waals surface area contributed by atoms with Gasteiger partial charge in [0.1, 0.15) is 0 Å². The van der Waals surface area contributed by atoms with Gasteiger partial charge >= 0.3 is 6.18 Å². The number of aromatic nitrogens is 1. The molecule has 1 atom stereocenters. The van der Waals surface area contributed by atoms with Gasteiger partial charge in [0.25, 0.3) is 0 Å². The summed E-state index contributed by atoms with van der Waals surface area (Å²) in [6, 6.07) is 4.85. The summed E-state index contributed by atoms with van der Waals surface area (Å²) < 4.78 is 38.3. The highest BCUT2D eigenvalue weighted by molar-refractivity contribution is 5.85. The first-order valence-electron chi connectivity index (χ1n) is 5.57. The van der Waals surface area contributed by atoms with Crippen molar-refractivity contribution in [3.05, 3.63) is 41.7 Å². The summed E-state index contributed by atoms with van der Waals surface area (Å²) >= 11 is 0. The van der Waals surface area contributed by atoms with Crippen molar-refractivity contribution in [2.24, 2.45) is 5.73 Å². The molecule has 2 N–H and O–H groups in total. The second-order valence-corrected chi connectivity index (χ2v) is 4.42. The molecule has 0 saturated carbocycles. The van der Waals surface area contributed by atoms with E-state index in [1.165, 1.54) is 12.3 Å². The average Bonchev–Trinajstić information content (AvgIpc) is 2.25. The third kappa shape index (κ3) is 2.61. The Balaban J connectivity index is 2.53. The van der Waals surface area contributed by atoms with E-state index in [1.807, 2.05) is 6.92 Å². The molecule has 0 aliphatic rings. The summed E-state index contributed by atoms with van der Waals surface area (Å²) in [5, 5.41) is 0.661. The van der Waals surface area contributed by atoms with Crippen molar-refractivity contribution in [2.45, 2.75) is 25.6 Å². The van der Waals surface area contributed by atoms with Crippen LogP contribution >= 0.6 is 0 Å². The summed E-state index contributed by atoms with van der Waals surface area (Å²) in [7, 11) is 0. The summed E-state index contributed by atoms with van der Waals surface area (Å²) in [6.07, 6.45) is -1.45. The number of hydrogen-bond donors (Lipinski definition) is 1. The molecular weight excluding hydrogens is 241 g/mol. The fourth-order valence-corrected chi connectivity index (χ4v) is 1.95. The van der Waals surface area contributed by atoms with Crippen LogP contribution in [-0.4, -0.2) is 11.0 Å². The monoisotopic (exact) mass is 254 g/mol. The van der Waals surface area contributed by atoms with Crippen molar-refractivity contribution in [3.8, 4) is 0 Å². The van der Waals surface area contributed by atoms with Gasteiger partial charge < -0.3 is 5.73 Å². The van der Waals surface area contributed by atoms with E-state index in [1.54, 1.807) is 12.1 Å². The van der Waals surface area contributed by atoms with Gasteiger partial charge in [0, 0.05) is 23.8 Å². The topological polar surface area (TPSA) is 38.9 Å². The zero-order valence-electron chi connectivity index (χ0n) is 9.83. The Morgan fingerprint density at radius 2 is 2.00 bits per heavy atom. The molecule has 1 aromatic heterocycles. The van der Waals surface area contributed by atoms with E-state index in [9.17, 15) is 13.2 Å². The second-order valence-electron chi connectivity index (χ2n) is 4.42. The standard InChI is InChI=1S/C13H13F3N2/c1-8(17)4-9-2-3-11-10(5-9)6-18-7-12(11)13(14,15)16/h2-3,5-8H,4,17H2,1H3. The lowest BCUT2D eigenvalue weighted by Crippen LogP contribution is -2.17. The Morgan fingerprint density at radius 1 is 1.28 bits per heavy atom. The van der Waals surface area contributed by atoms with Gasteiger partial charge in [-0.3, -0.25) is 4.98 Å². The van der Waals surface area contributed by atoms with Crippen LogP contribution in [0.2, 0.25) is 0 Å². The van der Waals surface area contributed by atoms with Gasteiger partial charge in [0.15, 0.2) is 0 Å². The zero-order chi connectivity index (χ0) is 13.3. The lowest BCUT2D eigenvalue weighted by atomic mass is 10.0. The van der Waals surface area contributed by atoms with Gasteiger partial charge in [0.05, 0.1) is 5.56 Å². The Hall–Kier alpha value is -1.62. The van der Waals surface area contributed by atoms with E-state index >= 15 is 0 Å². The molecule has 1 unspecified atom stereocenters. The van der Waals surface area contributed by atoms with E-state index in [-0.39, 0.29) is 11.4 Å². The van der Waals surface area contributed by atoms with Gasteiger partial charge in [-0.1, -0.05) is 12.1 Å². The first-order chi connectivity index (χ1) is 8.38. The molecule has 96 valence electrons. The molecule has 0 amide bonds. The Kier molecular flexibility index (Phi) is 3.26. The number of benzene rings is 1. The van der Waals surface area contributed by atoms with Crippen LogP contribution in [0.15, 0.2) is 30.6 Å². The number of halogens is 3. The van der Waals surface area contributed by atoms with Crippen molar-refractivity contribution in [3.63, 3.8) is 0 Å². The number of fused-ring (bicyclic) bond motifs is 1. The smallest absolute Gasteiger partial charge is 0.328 e. The van der Waals surface area contributed by atoms with E-state index in [2.05, 4.69) is 4.98 Å². The first kappa shape index (κ1) is 12.8. The fourth-order valence-electron chi connectivity index (χ4n) is 1.95. The molecule has 5 heteroatoms. The summed E-state index contributed by atoms with van der Waals surface area (Å²) in [5.41, 5.74) is 5.89. The maximum absolute atomic E-state index is 12.8. The van der Waals surface area contributed by atoms with Crippen molar-refractivity contribution < 1.29 is 13.2 Å².